The molecule has 0 fully saturated rings. The standard InChI is InChI=1S/C13H18N2O2/c1-10(14-2)12-5-3-11(4-6-12)9-15-8-7-13(16)17/h3-6,15H,7-9H2,1-2H3,(H,16,17). The fraction of sp³-hybridized carbons (Fsp3) is 0.385. The number of nitrogens with zero attached hydrogens (tertiary/aromatic N) is 1. The van der Waals surface area contributed by atoms with Gasteiger partial charge in [-0.15, -0.1) is 0 Å². The predicted molar refractivity (Wildman–Crippen MR) is 68.5 cm³/mol. The minimum atomic E-state index is -0.775. The Kier molecular flexibility index (Phi) is 5.36. The van der Waals surface area contributed by atoms with Crippen LogP contribution >= 0.6 is 0 Å². The van der Waals surface area contributed by atoms with Crippen LogP contribution in [-0.2, 0) is 11.3 Å². The van der Waals surface area contributed by atoms with Gasteiger partial charge >= 0.3 is 5.97 Å². The second-order valence-corrected chi connectivity index (χ2v) is 3.83. The third kappa shape index (κ3) is 4.78. The number of hydrogen-bond acceptors (Lipinski definition) is 3. The number of carboxylic acids is 1. The number of aliphatic imine (C=N–C) groups is 1. The minimum Gasteiger partial charge on any atom is -0.481 e. The number of aliphatic carboxylic acids is 1. The molecule has 92 valence electrons. The maximum atomic E-state index is 10.3. The highest BCUT2D eigenvalue weighted by Crippen LogP contribution is 2.05. The first kappa shape index (κ1) is 13.4. The second kappa shape index (κ2) is 6.81. The molecule has 0 unspecified atom stereocenters. The van der Waals surface area contributed by atoms with Crippen LogP contribution in [0.1, 0.15) is 24.5 Å². The summed E-state index contributed by atoms with van der Waals surface area (Å²) < 4.78 is 0. The van der Waals surface area contributed by atoms with Gasteiger partial charge in [-0.25, -0.2) is 0 Å². The van der Waals surface area contributed by atoms with Crippen LogP contribution in [0.15, 0.2) is 29.3 Å². The monoisotopic (exact) mass is 234 g/mol. The van der Waals surface area contributed by atoms with E-state index in [1.54, 1.807) is 7.05 Å². The molecule has 4 heteroatoms. The Morgan fingerprint density at radius 2 is 2.00 bits per heavy atom. The van der Waals surface area contributed by atoms with Crippen molar-refractivity contribution in [2.45, 2.75) is 19.9 Å². The van der Waals surface area contributed by atoms with E-state index in [-0.39, 0.29) is 6.42 Å². The molecular weight excluding hydrogens is 216 g/mol. The summed E-state index contributed by atoms with van der Waals surface area (Å²) in [7, 11) is 1.77. The van der Waals surface area contributed by atoms with Gasteiger partial charge in [0.05, 0.1) is 6.42 Å². The van der Waals surface area contributed by atoms with E-state index in [4.69, 9.17) is 5.11 Å². The quantitative estimate of drug-likeness (QED) is 0.581. The molecule has 0 heterocycles. The van der Waals surface area contributed by atoms with Gasteiger partial charge in [0.15, 0.2) is 0 Å². The third-order valence-electron chi connectivity index (χ3n) is 2.55. The molecule has 0 spiro atoms. The van der Waals surface area contributed by atoms with Crippen molar-refractivity contribution < 1.29 is 9.90 Å². The van der Waals surface area contributed by atoms with Gasteiger partial charge in [0, 0.05) is 25.8 Å². The third-order valence-corrected chi connectivity index (χ3v) is 2.55. The van der Waals surface area contributed by atoms with Crippen LogP contribution in [0.2, 0.25) is 0 Å². The van der Waals surface area contributed by atoms with E-state index in [0.29, 0.717) is 13.1 Å². The number of hydrogen-bond donors (Lipinski definition) is 2. The van der Waals surface area contributed by atoms with Crippen molar-refractivity contribution in [2.75, 3.05) is 13.6 Å². The molecule has 0 saturated heterocycles. The molecule has 4 nitrogen and oxygen atoms in total. The van der Waals surface area contributed by atoms with Gasteiger partial charge in [0.25, 0.3) is 0 Å². The Labute approximate surface area is 101 Å². The van der Waals surface area contributed by atoms with E-state index >= 15 is 0 Å². The molecule has 0 aliphatic carbocycles. The van der Waals surface area contributed by atoms with Gasteiger partial charge in [0.2, 0.25) is 0 Å². The van der Waals surface area contributed by atoms with Gasteiger partial charge in [0.1, 0.15) is 0 Å². The van der Waals surface area contributed by atoms with Gasteiger partial charge in [-0.05, 0) is 18.1 Å². The number of benzene rings is 1. The molecule has 0 amide bonds. The summed E-state index contributed by atoms with van der Waals surface area (Å²) in [6.07, 6.45) is 0.152. The molecule has 0 saturated carbocycles. The van der Waals surface area contributed by atoms with Gasteiger partial charge in [-0.2, -0.15) is 0 Å². The summed E-state index contributed by atoms with van der Waals surface area (Å²) in [5, 5.41) is 11.6. The lowest BCUT2D eigenvalue weighted by Crippen LogP contribution is -2.17. The van der Waals surface area contributed by atoms with Crippen LogP contribution in [-0.4, -0.2) is 30.4 Å². The van der Waals surface area contributed by atoms with Crippen LogP contribution in [0.4, 0.5) is 0 Å². The maximum absolute atomic E-state index is 10.3. The van der Waals surface area contributed by atoms with Crippen molar-refractivity contribution in [3.63, 3.8) is 0 Å². The van der Waals surface area contributed by atoms with Crippen molar-refractivity contribution >= 4 is 11.7 Å². The SMILES string of the molecule is CN=C(C)c1ccc(CNCCC(=O)O)cc1. The Hall–Kier alpha value is -1.68. The molecular formula is C13H18N2O2. The molecule has 0 aliphatic rings. The number of nitrogens with one attached hydrogen (secondary N) is 1. The van der Waals surface area contributed by atoms with E-state index in [2.05, 4.69) is 10.3 Å². The molecule has 0 bridgehead atoms. The van der Waals surface area contributed by atoms with Gasteiger partial charge in [-0.1, -0.05) is 24.3 Å². The zero-order valence-corrected chi connectivity index (χ0v) is 10.2. The van der Waals surface area contributed by atoms with E-state index in [1.165, 1.54) is 0 Å². The summed E-state index contributed by atoms with van der Waals surface area (Å²) >= 11 is 0. The summed E-state index contributed by atoms with van der Waals surface area (Å²) in [5.41, 5.74) is 3.26. The summed E-state index contributed by atoms with van der Waals surface area (Å²) in [6, 6.07) is 8.10. The summed E-state index contributed by atoms with van der Waals surface area (Å²) in [6.45, 7) is 3.16. The van der Waals surface area contributed by atoms with Crippen molar-refractivity contribution in [2.24, 2.45) is 4.99 Å². The average molecular weight is 234 g/mol. The zero-order valence-electron chi connectivity index (χ0n) is 10.2. The number of rotatable bonds is 6. The van der Waals surface area contributed by atoms with Crippen molar-refractivity contribution in [3.05, 3.63) is 35.4 Å². The number of carbonyl (C=O) groups is 1. The van der Waals surface area contributed by atoms with E-state index in [9.17, 15) is 4.79 Å². The Morgan fingerprint density at radius 3 is 2.53 bits per heavy atom. The minimum absolute atomic E-state index is 0.152. The largest absolute Gasteiger partial charge is 0.481 e. The highest BCUT2D eigenvalue weighted by Gasteiger charge is 1.98. The lowest BCUT2D eigenvalue weighted by atomic mass is 10.1. The molecule has 0 radical (unpaired) electrons. The fourth-order valence-corrected chi connectivity index (χ4v) is 1.42. The number of carboxylic acid groups (broad SMARTS) is 1. The van der Waals surface area contributed by atoms with Crippen LogP contribution < -0.4 is 5.32 Å². The second-order valence-electron chi connectivity index (χ2n) is 3.83. The lowest BCUT2D eigenvalue weighted by molar-refractivity contribution is -0.136. The van der Waals surface area contributed by atoms with E-state index in [1.807, 2.05) is 31.2 Å². The summed E-state index contributed by atoms with van der Waals surface area (Å²) in [4.78, 5) is 14.4. The first-order valence-corrected chi connectivity index (χ1v) is 5.58. The first-order chi connectivity index (χ1) is 8.13. The fourth-order valence-electron chi connectivity index (χ4n) is 1.42. The average Bonchev–Trinajstić information content (AvgIpc) is 2.34. The molecule has 17 heavy (non-hydrogen) atoms. The molecule has 1 aromatic rings. The molecule has 2 N–H and O–H groups in total. The van der Waals surface area contributed by atoms with Gasteiger partial charge < -0.3 is 10.4 Å². The highest BCUT2D eigenvalue weighted by atomic mass is 16.4. The highest BCUT2D eigenvalue weighted by molar-refractivity contribution is 5.98. The predicted octanol–water partition coefficient (Wildman–Crippen LogP) is 1.69. The van der Waals surface area contributed by atoms with Crippen molar-refractivity contribution in [3.8, 4) is 0 Å². The molecule has 0 atom stereocenters. The molecule has 1 aromatic carbocycles. The van der Waals surface area contributed by atoms with E-state index in [0.717, 1.165) is 16.8 Å². The maximum Gasteiger partial charge on any atom is 0.304 e. The van der Waals surface area contributed by atoms with Crippen LogP contribution in [0.25, 0.3) is 0 Å². The van der Waals surface area contributed by atoms with Crippen LogP contribution in [0, 0.1) is 0 Å². The van der Waals surface area contributed by atoms with E-state index < -0.39 is 5.97 Å². The topological polar surface area (TPSA) is 61.7 Å². The first-order valence-electron chi connectivity index (χ1n) is 5.58. The Balaban J connectivity index is 2.43. The molecule has 0 aromatic heterocycles. The lowest BCUT2D eigenvalue weighted by Gasteiger charge is -2.05. The molecule has 1 rings (SSSR count). The molecule has 0 aliphatic heterocycles. The normalized spacial score (nSPS) is 11.5. The summed E-state index contributed by atoms with van der Waals surface area (Å²) in [5.74, 6) is -0.775. The Bertz CT molecular complexity index is 396. The smallest absolute Gasteiger partial charge is 0.304 e. The van der Waals surface area contributed by atoms with Crippen LogP contribution in [0.5, 0.6) is 0 Å². The van der Waals surface area contributed by atoms with Crippen LogP contribution in [0.3, 0.4) is 0 Å². The van der Waals surface area contributed by atoms with Crippen molar-refractivity contribution in [1.29, 1.82) is 0 Å². The van der Waals surface area contributed by atoms with Gasteiger partial charge in [-0.3, -0.25) is 9.79 Å². The zero-order chi connectivity index (χ0) is 12.7. The Morgan fingerprint density at radius 1 is 1.35 bits per heavy atom. The van der Waals surface area contributed by atoms with Crippen molar-refractivity contribution in [1.82, 2.24) is 5.32 Å².